The predicted molar refractivity (Wildman–Crippen MR) is 128 cm³/mol. The van der Waals surface area contributed by atoms with Crippen LogP contribution in [0.3, 0.4) is 0 Å². The number of nitrogens with one attached hydrogen (secondary N) is 2. The lowest BCUT2D eigenvalue weighted by Crippen LogP contribution is -2.13. The topological polar surface area (TPSA) is 123 Å². The molecule has 0 spiro atoms. The Balaban J connectivity index is 1.30. The van der Waals surface area contributed by atoms with Crippen LogP contribution in [-0.2, 0) is 4.79 Å². The van der Waals surface area contributed by atoms with Crippen LogP contribution in [0.1, 0.15) is 5.56 Å². The lowest BCUT2D eigenvalue weighted by atomic mass is 10.1. The molecule has 1 amide bonds. The summed E-state index contributed by atoms with van der Waals surface area (Å²) in [5.41, 5.74) is 3.27. The van der Waals surface area contributed by atoms with Crippen LogP contribution in [0.15, 0.2) is 58.3 Å². The fraction of sp³-hybridized carbons (Fsp3) is 0.100. The number of nitro benzene ring substituents is 1. The number of nitro groups is 1. The summed E-state index contributed by atoms with van der Waals surface area (Å²) in [5.74, 6) is -0.0663. The van der Waals surface area contributed by atoms with E-state index >= 15 is 0 Å². The first kappa shape index (κ1) is 21.9. The number of carbonyl (C=O) groups is 1. The highest BCUT2D eigenvalue weighted by molar-refractivity contribution is 8.01. The molecule has 0 fully saturated rings. The van der Waals surface area contributed by atoms with Crippen LogP contribution >= 0.6 is 34.4 Å². The Bertz CT molecular complexity index is 1260. The number of nitrogens with zero attached hydrogens (tertiary/aromatic N) is 4. The molecule has 9 nitrogen and oxygen atoms in total. The Morgan fingerprint density at radius 2 is 1.97 bits per heavy atom. The molecule has 0 radical (unpaired) electrons. The van der Waals surface area contributed by atoms with Crippen LogP contribution in [0, 0.1) is 17.0 Å². The van der Waals surface area contributed by atoms with E-state index in [9.17, 15) is 14.9 Å². The van der Waals surface area contributed by atoms with Crippen molar-refractivity contribution in [2.24, 2.45) is 0 Å². The molecule has 12 heteroatoms. The van der Waals surface area contributed by atoms with Crippen molar-refractivity contribution in [1.82, 2.24) is 15.2 Å². The third kappa shape index (κ3) is 5.66. The van der Waals surface area contributed by atoms with Crippen LogP contribution in [0.2, 0.25) is 0 Å². The second kappa shape index (κ2) is 9.85. The average Bonchev–Trinajstić information content (AvgIpc) is 3.43. The third-order valence-corrected chi connectivity index (χ3v) is 6.87. The van der Waals surface area contributed by atoms with Gasteiger partial charge in [0, 0.05) is 28.8 Å². The predicted octanol–water partition coefficient (Wildman–Crippen LogP) is 5.35. The van der Waals surface area contributed by atoms with Crippen LogP contribution in [0.5, 0.6) is 0 Å². The first-order chi connectivity index (χ1) is 15.5. The van der Waals surface area contributed by atoms with Gasteiger partial charge in [0.15, 0.2) is 9.47 Å². The zero-order chi connectivity index (χ0) is 22.5. The van der Waals surface area contributed by atoms with E-state index < -0.39 is 4.92 Å². The average molecular weight is 485 g/mol. The molecule has 32 heavy (non-hydrogen) atoms. The molecule has 2 N–H and O–H groups in total. The number of aromatic nitrogens is 3. The molecule has 0 aliphatic carbocycles. The smallest absolute Gasteiger partial charge is 0.270 e. The summed E-state index contributed by atoms with van der Waals surface area (Å²) in [6.45, 7) is 2.02. The third-order valence-electron chi connectivity index (χ3n) is 4.14. The van der Waals surface area contributed by atoms with Crippen LogP contribution in [0.4, 0.5) is 21.6 Å². The van der Waals surface area contributed by atoms with Crippen molar-refractivity contribution in [3.05, 3.63) is 69.6 Å². The lowest BCUT2D eigenvalue weighted by molar-refractivity contribution is -0.384. The molecule has 0 saturated heterocycles. The number of amides is 1. The first-order valence-electron chi connectivity index (χ1n) is 9.26. The Morgan fingerprint density at radius 1 is 1.16 bits per heavy atom. The van der Waals surface area contributed by atoms with Gasteiger partial charge in [0.2, 0.25) is 11.0 Å². The molecular formula is C20H16N6O3S3. The second-order valence-corrected chi connectivity index (χ2v) is 9.60. The number of carbonyl (C=O) groups excluding carboxylic acids is 1. The molecule has 0 aliphatic heterocycles. The van der Waals surface area contributed by atoms with Crippen LogP contribution in [-0.4, -0.2) is 31.8 Å². The number of thioether (sulfide) groups is 1. The monoisotopic (exact) mass is 484 g/mol. The molecule has 0 atom stereocenters. The SMILES string of the molecule is Cc1ccc(Nc2nnc(SCC(=O)Nc3nc(-c4cccc([N+](=O)[O-])c4)cs3)s2)cc1. The number of anilines is 3. The van der Waals surface area contributed by atoms with Crippen LogP contribution < -0.4 is 10.6 Å². The number of hydrogen-bond acceptors (Lipinski definition) is 10. The van der Waals surface area contributed by atoms with Gasteiger partial charge in [-0.2, -0.15) is 0 Å². The Hall–Kier alpha value is -3.35. The van der Waals surface area contributed by atoms with Gasteiger partial charge in [-0.3, -0.25) is 14.9 Å². The molecule has 162 valence electrons. The minimum Gasteiger partial charge on any atom is -0.330 e. The normalized spacial score (nSPS) is 10.7. The largest absolute Gasteiger partial charge is 0.330 e. The Labute approximate surface area is 195 Å². The van der Waals surface area contributed by atoms with Crippen molar-refractivity contribution in [2.45, 2.75) is 11.3 Å². The van der Waals surface area contributed by atoms with Crippen LogP contribution in [0.25, 0.3) is 11.3 Å². The highest BCUT2D eigenvalue weighted by Gasteiger charge is 2.13. The molecule has 0 aliphatic rings. The lowest BCUT2D eigenvalue weighted by Gasteiger charge is -2.01. The quantitative estimate of drug-likeness (QED) is 0.195. The maximum atomic E-state index is 12.3. The molecule has 2 aromatic carbocycles. The maximum Gasteiger partial charge on any atom is 0.270 e. The van der Waals surface area contributed by atoms with Crippen molar-refractivity contribution in [1.29, 1.82) is 0 Å². The van der Waals surface area contributed by atoms with E-state index in [1.54, 1.807) is 17.5 Å². The minimum atomic E-state index is -0.453. The van der Waals surface area contributed by atoms with Gasteiger partial charge in [0.25, 0.3) is 5.69 Å². The zero-order valence-corrected chi connectivity index (χ0v) is 19.1. The minimum absolute atomic E-state index is 0.00854. The summed E-state index contributed by atoms with van der Waals surface area (Å²) in [6, 6.07) is 14.2. The Kier molecular flexibility index (Phi) is 6.73. The highest BCUT2D eigenvalue weighted by Crippen LogP contribution is 2.29. The van der Waals surface area contributed by atoms with Gasteiger partial charge in [0.1, 0.15) is 0 Å². The second-order valence-electron chi connectivity index (χ2n) is 6.55. The summed E-state index contributed by atoms with van der Waals surface area (Å²) in [4.78, 5) is 27.1. The van der Waals surface area contributed by atoms with Crippen molar-refractivity contribution in [3.63, 3.8) is 0 Å². The van der Waals surface area contributed by atoms with E-state index in [-0.39, 0.29) is 17.3 Å². The van der Waals surface area contributed by atoms with Crippen molar-refractivity contribution in [3.8, 4) is 11.3 Å². The first-order valence-corrected chi connectivity index (χ1v) is 11.9. The fourth-order valence-electron chi connectivity index (χ4n) is 2.60. The molecule has 0 saturated carbocycles. The molecule has 2 aromatic heterocycles. The van der Waals surface area contributed by atoms with Gasteiger partial charge >= 0.3 is 0 Å². The van der Waals surface area contributed by atoms with Gasteiger partial charge in [-0.1, -0.05) is 52.9 Å². The van der Waals surface area contributed by atoms with Crippen molar-refractivity contribution < 1.29 is 9.72 Å². The standard InChI is InChI=1S/C20H16N6O3S3/c1-12-5-7-14(8-6-12)21-19-24-25-20(32-19)31-11-17(27)23-18-22-16(10-30-18)13-3-2-4-15(9-13)26(28)29/h2-10H,11H2,1H3,(H,21,24)(H,22,23,27). The number of benzene rings is 2. The zero-order valence-electron chi connectivity index (χ0n) is 16.6. The van der Waals surface area contributed by atoms with Gasteiger partial charge in [-0.15, -0.1) is 21.5 Å². The summed E-state index contributed by atoms with van der Waals surface area (Å²) < 4.78 is 0.672. The van der Waals surface area contributed by atoms with Gasteiger partial charge in [0.05, 0.1) is 16.4 Å². The molecule has 0 unspecified atom stereocenters. The van der Waals surface area contributed by atoms with E-state index in [2.05, 4.69) is 25.8 Å². The summed E-state index contributed by atoms with van der Waals surface area (Å²) in [7, 11) is 0. The van der Waals surface area contributed by atoms with E-state index in [1.165, 1.54) is 52.1 Å². The van der Waals surface area contributed by atoms with E-state index in [0.717, 1.165) is 5.69 Å². The van der Waals surface area contributed by atoms with E-state index in [4.69, 9.17) is 0 Å². The van der Waals surface area contributed by atoms with E-state index in [1.807, 2.05) is 31.2 Å². The number of thiazole rings is 1. The molecule has 4 rings (SSSR count). The fourth-order valence-corrected chi connectivity index (χ4v) is 4.91. The summed E-state index contributed by atoms with van der Waals surface area (Å²) in [5, 5.41) is 27.9. The van der Waals surface area contributed by atoms with Gasteiger partial charge in [-0.25, -0.2) is 4.98 Å². The highest BCUT2D eigenvalue weighted by atomic mass is 32.2. The molecular weight excluding hydrogens is 468 g/mol. The number of hydrogen-bond donors (Lipinski definition) is 2. The number of non-ortho nitro benzene ring substituents is 1. The van der Waals surface area contributed by atoms with Gasteiger partial charge in [-0.05, 0) is 19.1 Å². The Morgan fingerprint density at radius 3 is 2.75 bits per heavy atom. The number of rotatable bonds is 8. The number of aryl methyl sites for hydroxylation is 1. The van der Waals surface area contributed by atoms with Gasteiger partial charge < -0.3 is 10.6 Å². The maximum absolute atomic E-state index is 12.3. The summed E-state index contributed by atoms with van der Waals surface area (Å²) >= 11 is 3.91. The van der Waals surface area contributed by atoms with E-state index in [0.29, 0.717) is 25.9 Å². The summed E-state index contributed by atoms with van der Waals surface area (Å²) in [6.07, 6.45) is 0. The molecule has 0 bridgehead atoms. The molecule has 4 aromatic rings. The van der Waals surface area contributed by atoms with Crippen molar-refractivity contribution >= 4 is 62.0 Å². The van der Waals surface area contributed by atoms with Crippen molar-refractivity contribution in [2.75, 3.05) is 16.4 Å². The molecule has 2 heterocycles.